The van der Waals surface area contributed by atoms with Crippen LogP contribution in [0.2, 0.25) is 0 Å². The van der Waals surface area contributed by atoms with Gasteiger partial charge in [0.25, 0.3) is 0 Å². The molecule has 3 N–H and O–H groups in total. The number of ether oxygens (including phenoxy) is 2. The Morgan fingerprint density at radius 3 is 2.02 bits per heavy atom. The Labute approximate surface area is 282 Å². The van der Waals surface area contributed by atoms with Crippen molar-refractivity contribution in [2.45, 2.75) is 52.1 Å². The van der Waals surface area contributed by atoms with E-state index in [4.69, 9.17) is 14.6 Å². The van der Waals surface area contributed by atoms with E-state index in [9.17, 15) is 18.0 Å². The molecule has 1 amide bonds. The predicted molar refractivity (Wildman–Crippen MR) is 188 cm³/mol. The molecule has 4 aromatic carbocycles. The van der Waals surface area contributed by atoms with E-state index in [0.717, 1.165) is 35.1 Å². The van der Waals surface area contributed by atoms with E-state index < -0.39 is 16.0 Å². The molecule has 0 fully saturated rings. The Kier molecular flexibility index (Phi) is 13.3. The fraction of sp³-hybridized carbons (Fsp3) is 0.297. The van der Waals surface area contributed by atoms with Crippen molar-refractivity contribution in [3.05, 3.63) is 114 Å². The summed E-state index contributed by atoms with van der Waals surface area (Å²) in [6.45, 7) is 4.01. The molecule has 0 aromatic heterocycles. The maximum atomic E-state index is 12.0. The fourth-order valence-electron chi connectivity index (χ4n) is 5.06. The van der Waals surface area contributed by atoms with Gasteiger partial charge in [-0.3, -0.25) is 14.3 Å². The summed E-state index contributed by atoms with van der Waals surface area (Å²) in [6.07, 6.45) is 3.40. The topological polar surface area (TPSA) is 134 Å². The number of carboxylic acids is 1. The van der Waals surface area contributed by atoms with Gasteiger partial charge in [-0.2, -0.15) is 0 Å². The lowest BCUT2D eigenvalue weighted by atomic mass is 10.1. The second-order valence-corrected chi connectivity index (χ2v) is 13.3. The van der Waals surface area contributed by atoms with Crippen molar-refractivity contribution < 1.29 is 32.6 Å². The van der Waals surface area contributed by atoms with Crippen LogP contribution in [0.25, 0.3) is 0 Å². The van der Waals surface area contributed by atoms with Crippen LogP contribution in [0.1, 0.15) is 48.8 Å². The second kappa shape index (κ2) is 17.8. The van der Waals surface area contributed by atoms with Crippen LogP contribution < -0.4 is 24.4 Å². The summed E-state index contributed by atoms with van der Waals surface area (Å²) in [7, 11) is -3.42. The molecule has 0 atom stereocenters. The number of aliphatic carboxylic acids is 1. The van der Waals surface area contributed by atoms with Gasteiger partial charge >= 0.3 is 5.97 Å². The van der Waals surface area contributed by atoms with Gasteiger partial charge in [-0.15, -0.1) is 0 Å². The summed E-state index contributed by atoms with van der Waals surface area (Å²) in [5.74, 6) is 1.13. The molecule has 0 unspecified atom stereocenters. The SMILES string of the molecule is Cc1c(NS(C)(=O)=O)cccc1N(Cc1ccccc1)Cc1ccc(Oc2ccc(OCCCCC(=O)NCCCC(=O)O)cc2)cc1. The van der Waals surface area contributed by atoms with Gasteiger partial charge < -0.3 is 24.8 Å². The van der Waals surface area contributed by atoms with E-state index in [-0.39, 0.29) is 12.3 Å². The Bertz CT molecular complexity index is 1730. The van der Waals surface area contributed by atoms with Crippen molar-refractivity contribution in [2.75, 3.05) is 29.0 Å². The lowest BCUT2D eigenvalue weighted by molar-refractivity contribution is -0.137. The number of sulfonamides is 1. The van der Waals surface area contributed by atoms with E-state index in [1.807, 2.05) is 85.8 Å². The van der Waals surface area contributed by atoms with E-state index in [0.29, 0.717) is 68.4 Å². The van der Waals surface area contributed by atoms with Gasteiger partial charge in [-0.1, -0.05) is 48.5 Å². The van der Waals surface area contributed by atoms with Crippen LogP contribution in [-0.2, 0) is 32.7 Å². The van der Waals surface area contributed by atoms with Crippen molar-refractivity contribution >= 4 is 33.3 Å². The molecule has 4 rings (SSSR count). The number of carbonyl (C=O) groups excluding carboxylic acids is 1. The molecule has 10 nitrogen and oxygen atoms in total. The van der Waals surface area contributed by atoms with E-state index in [1.54, 1.807) is 6.07 Å². The quantitative estimate of drug-likeness (QED) is 0.0916. The van der Waals surface area contributed by atoms with Gasteiger partial charge in [-0.25, -0.2) is 8.42 Å². The Morgan fingerprint density at radius 1 is 0.750 bits per heavy atom. The number of rotatable bonds is 19. The van der Waals surface area contributed by atoms with Crippen molar-refractivity contribution in [3.8, 4) is 17.2 Å². The number of hydrogen-bond donors (Lipinski definition) is 3. The molecule has 254 valence electrons. The predicted octanol–water partition coefficient (Wildman–Crippen LogP) is 6.90. The highest BCUT2D eigenvalue weighted by atomic mass is 32.2. The van der Waals surface area contributed by atoms with Crippen LogP contribution in [0.5, 0.6) is 17.2 Å². The summed E-state index contributed by atoms with van der Waals surface area (Å²) in [6, 6.07) is 31.1. The zero-order valence-corrected chi connectivity index (χ0v) is 28.2. The number of nitrogens with one attached hydrogen (secondary N) is 2. The molecule has 0 radical (unpaired) electrons. The van der Waals surface area contributed by atoms with Gasteiger partial charge in [-0.05, 0) is 91.4 Å². The lowest BCUT2D eigenvalue weighted by Gasteiger charge is -2.28. The van der Waals surface area contributed by atoms with Crippen LogP contribution in [0.15, 0.2) is 97.1 Å². The van der Waals surface area contributed by atoms with E-state index in [2.05, 4.69) is 27.1 Å². The molecule has 0 aliphatic heterocycles. The highest BCUT2D eigenvalue weighted by Gasteiger charge is 2.15. The third kappa shape index (κ3) is 12.3. The Balaban J connectivity index is 1.29. The average molecular weight is 674 g/mol. The summed E-state index contributed by atoms with van der Waals surface area (Å²) in [5, 5.41) is 11.4. The standard InChI is InChI=1S/C37H43N3O7S/c1-28-34(39-48(2,44)45)12-8-13-35(28)40(26-29-10-4-3-5-11-29)27-30-16-18-32(19-17-30)47-33-22-20-31(21-23-33)46-25-7-6-14-36(41)38-24-9-15-37(42)43/h3-5,8,10-13,16-23,39H,6-7,9,14-15,24-27H2,1-2H3,(H,38,41)(H,42,43). The van der Waals surface area contributed by atoms with Gasteiger partial charge in [0.05, 0.1) is 18.6 Å². The van der Waals surface area contributed by atoms with E-state index >= 15 is 0 Å². The molecule has 0 bridgehead atoms. The van der Waals surface area contributed by atoms with Crippen LogP contribution in [0.3, 0.4) is 0 Å². The summed E-state index contributed by atoms with van der Waals surface area (Å²) >= 11 is 0. The lowest BCUT2D eigenvalue weighted by Crippen LogP contribution is -2.24. The third-order valence-corrected chi connectivity index (χ3v) is 8.06. The van der Waals surface area contributed by atoms with Crippen molar-refractivity contribution in [1.82, 2.24) is 5.32 Å². The van der Waals surface area contributed by atoms with Crippen molar-refractivity contribution in [2.24, 2.45) is 0 Å². The zero-order valence-electron chi connectivity index (χ0n) is 27.4. The smallest absolute Gasteiger partial charge is 0.303 e. The normalized spacial score (nSPS) is 11.0. The van der Waals surface area contributed by atoms with Crippen LogP contribution in [0.4, 0.5) is 11.4 Å². The third-order valence-electron chi connectivity index (χ3n) is 7.47. The van der Waals surface area contributed by atoms with Crippen LogP contribution in [0, 0.1) is 6.92 Å². The summed E-state index contributed by atoms with van der Waals surface area (Å²) in [5.41, 5.74) is 4.55. The second-order valence-electron chi connectivity index (χ2n) is 11.5. The van der Waals surface area contributed by atoms with Gasteiger partial charge in [0.15, 0.2) is 0 Å². The Hall–Kier alpha value is -5.03. The molecular formula is C37H43N3O7S. The molecule has 0 aliphatic rings. The number of unbranched alkanes of at least 4 members (excludes halogenated alkanes) is 1. The molecule has 48 heavy (non-hydrogen) atoms. The van der Waals surface area contributed by atoms with Crippen LogP contribution >= 0.6 is 0 Å². The highest BCUT2D eigenvalue weighted by Crippen LogP contribution is 2.31. The first-order valence-corrected chi connectivity index (χ1v) is 17.8. The summed E-state index contributed by atoms with van der Waals surface area (Å²) < 4.78 is 38.4. The molecule has 4 aromatic rings. The number of carboxylic acid groups (broad SMARTS) is 1. The minimum Gasteiger partial charge on any atom is -0.494 e. The first kappa shape index (κ1) is 35.8. The van der Waals surface area contributed by atoms with Crippen LogP contribution in [-0.4, -0.2) is 44.8 Å². The molecule has 0 aliphatic carbocycles. The number of anilines is 2. The monoisotopic (exact) mass is 673 g/mol. The highest BCUT2D eigenvalue weighted by molar-refractivity contribution is 7.92. The van der Waals surface area contributed by atoms with Gasteiger partial charge in [0.1, 0.15) is 17.2 Å². The molecular weight excluding hydrogens is 630 g/mol. The number of benzene rings is 4. The maximum absolute atomic E-state index is 12.0. The molecule has 0 saturated carbocycles. The first-order valence-electron chi connectivity index (χ1n) is 15.9. The molecule has 0 heterocycles. The number of nitrogens with zero attached hydrogens (tertiary/aromatic N) is 1. The first-order chi connectivity index (χ1) is 23.1. The molecule has 0 saturated heterocycles. The number of hydrogen-bond acceptors (Lipinski definition) is 7. The largest absolute Gasteiger partial charge is 0.494 e. The minimum atomic E-state index is -3.42. The van der Waals surface area contributed by atoms with Gasteiger partial charge in [0.2, 0.25) is 15.9 Å². The molecule has 11 heteroatoms. The number of carbonyl (C=O) groups is 2. The maximum Gasteiger partial charge on any atom is 0.303 e. The van der Waals surface area contributed by atoms with Gasteiger partial charge in [0, 0.05) is 38.2 Å². The number of amides is 1. The van der Waals surface area contributed by atoms with Crippen molar-refractivity contribution in [3.63, 3.8) is 0 Å². The van der Waals surface area contributed by atoms with Crippen molar-refractivity contribution in [1.29, 1.82) is 0 Å². The summed E-state index contributed by atoms with van der Waals surface area (Å²) in [4.78, 5) is 24.6. The minimum absolute atomic E-state index is 0.0472. The fourth-order valence-corrected chi connectivity index (χ4v) is 5.68. The average Bonchev–Trinajstić information content (AvgIpc) is 3.05. The molecule has 0 spiro atoms. The van der Waals surface area contributed by atoms with E-state index in [1.165, 1.54) is 0 Å². The Morgan fingerprint density at radius 2 is 1.38 bits per heavy atom. The zero-order chi connectivity index (χ0) is 34.4.